The van der Waals surface area contributed by atoms with Crippen LogP contribution < -0.4 is 21.9 Å². The van der Waals surface area contributed by atoms with Crippen LogP contribution >= 0.6 is 0 Å². The fourth-order valence-corrected chi connectivity index (χ4v) is 3.89. The normalized spacial score (nSPS) is 11.7. The molecule has 0 atom stereocenters. The maximum atomic E-state index is 13.4. The summed E-state index contributed by atoms with van der Waals surface area (Å²) < 4.78 is 6.12. The number of fused-ring (bicyclic) bond motifs is 5. The summed E-state index contributed by atoms with van der Waals surface area (Å²) in [6.45, 7) is 2.85. The van der Waals surface area contributed by atoms with Crippen LogP contribution in [0.2, 0.25) is 0 Å². The highest BCUT2D eigenvalue weighted by molar-refractivity contribution is 6.14. The Labute approximate surface area is 164 Å². The molecule has 4 aromatic carbocycles. The number of aromatic amines is 1. The molecule has 0 aliphatic rings. The summed E-state index contributed by atoms with van der Waals surface area (Å²) in [7, 11) is 0. The third kappa shape index (κ3) is 2.61. The molecule has 6 nitrogen and oxygen atoms in total. The topological polar surface area (TPSA) is 101 Å². The Morgan fingerprint density at radius 3 is 2.41 bits per heavy atom. The Morgan fingerprint density at radius 1 is 0.966 bits per heavy atom. The monoisotopic (exact) mass is 385 g/mol. The molecular formula is C23H19N3O3. The fourth-order valence-electron chi connectivity index (χ4n) is 3.89. The van der Waals surface area contributed by atoms with E-state index < -0.39 is 0 Å². The van der Waals surface area contributed by atoms with Gasteiger partial charge in [0.2, 0.25) is 0 Å². The Kier molecular flexibility index (Phi) is 3.89. The number of benzene rings is 4. The summed E-state index contributed by atoms with van der Waals surface area (Å²) in [5.74, 6) is 0. The van der Waals surface area contributed by atoms with E-state index in [1.807, 2.05) is 25.1 Å². The Hall–Kier alpha value is -3.64. The van der Waals surface area contributed by atoms with Crippen molar-refractivity contribution in [3.8, 4) is 0 Å². The lowest BCUT2D eigenvalue weighted by Crippen LogP contribution is -2.18. The zero-order chi connectivity index (χ0) is 20.1. The molecule has 0 radical (unpaired) electrons. The van der Waals surface area contributed by atoms with Crippen LogP contribution in [0.4, 0.5) is 5.69 Å². The number of nitrogens with one attached hydrogen (secondary N) is 2. The molecule has 0 aliphatic carbocycles. The Bertz CT molecular complexity index is 1550. The molecule has 144 valence electrons. The molecule has 0 spiro atoms. The van der Waals surface area contributed by atoms with E-state index in [1.54, 1.807) is 30.3 Å². The first-order valence-corrected chi connectivity index (χ1v) is 9.47. The predicted octanol–water partition coefficient (Wildman–Crippen LogP) is 3.62. The molecule has 29 heavy (non-hydrogen) atoms. The van der Waals surface area contributed by atoms with E-state index in [-0.39, 0.29) is 10.9 Å². The second kappa shape index (κ2) is 6.46. The van der Waals surface area contributed by atoms with Crippen LogP contribution in [0, 0.1) is 6.92 Å². The van der Waals surface area contributed by atoms with Crippen LogP contribution in [0.15, 0.2) is 62.5 Å². The van der Waals surface area contributed by atoms with Crippen molar-refractivity contribution in [3.63, 3.8) is 0 Å². The quantitative estimate of drug-likeness (QED) is 0.325. The lowest BCUT2D eigenvalue weighted by atomic mass is 9.99. The van der Waals surface area contributed by atoms with Crippen molar-refractivity contribution in [2.45, 2.75) is 6.92 Å². The number of aryl methyl sites for hydroxylation is 1. The summed E-state index contributed by atoms with van der Waals surface area (Å²) in [5, 5.41) is 4.68. The third-order valence-electron chi connectivity index (χ3n) is 5.24. The lowest BCUT2D eigenvalue weighted by molar-refractivity contribution is 0.657. The maximum Gasteiger partial charge on any atom is 0.196 e. The van der Waals surface area contributed by atoms with Crippen molar-refractivity contribution in [1.82, 2.24) is 4.98 Å². The first-order chi connectivity index (χ1) is 14.1. The maximum absolute atomic E-state index is 13.4. The van der Waals surface area contributed by atoms with E-state index >= 15 is 0 Å². The molecular weight excluding hydrogens is 366 g/mol. The molecule has 4 N–H and O–H groups in total. The third-order valence-corrected chi connectivity index (χ3v) is 5.24. The highest BCUT2D eigenvalue weighted by Gasteiger charge is 2.18. The number of anilines is 1. The fraction of sp³-hybridized carbons (Fsp3) is 0.130. The van der Waals surface area contributed by atoms with Gasteiger partial charge in [0, 0.05) is 29.9 Å². The van der Waals surface area contributed by atoms with E-state index in [0.717, 1.165) is 11.1 Å². The summed E-state index contributed by atoms with van der Waals surface area (Å²) in [5.41, 5.74) is 9.33. The molecule has 5 aromatic rings. The van der Waals surface area contributed by atoms with Gasteiger partial charge in [-0.25, -0.2) is 0 Å². The van der Waals surface area contributed by atoms with Gasteiger partial charge in [0.15, 0.2) is 22.0 Å². The average molecular weight is 385 g/mol. The van der Waals surface area contributed by atoms with Crippen molar-refractivity contribution in [2.75, 3.05) is 18.4 Å². The SMILES string of the molecule is Cc1ccc2[nH]c3c(cc(NCCN)c4c(=O)c5ccccc5c(=O)c43)oc2c1. The molecule has 0 saturated heterocycles. The van der Waals surface area contributed by atoms with Gasteiger partial charge >= 0.3 is 0 Å². The van der Waals surface area contributed by atoms with Crippen molar-refractivity contribution in [1.29, 1.82) is 0 Å². The van der Waals surface area contributed by atoms with Crippen molar-refractivity contribution in [3.05, 3.63) is 74.5 Å². The second-order valence-corrected chi connectivity index (χ2v) is 7.19. The summed E-state index contributed by atoms with van der Waals surface area (Å²) in [6.07, 6.45) is 0. The van der Waals surface area contributed by atoms with Gasteiger partial charge in [-0.2, -0.15) is 0 Å². The lowest BCUT2D eigenvalue weighted by Gasteiger charge is -2.13. The molecule has 0 amide bonds. The van der Waals surface area contributed by atoms with Gasteiger partial charge in [0.25, 0.3) is 0 Å². The van der Waals surface area contributed by atoms with Gasteiger partial charge < -0.3 is 20.5 Å². The van der Waals surface area contributed by atoms with Gasteiger partial charge in [-0.3, -0.25) is 9.59 Å². The summed E-state index contributed by atoms with van der Waals surface area (Å²) >= 11 is 0. The van der Waals surface area contributed by atoms with E-state index in [9.17, 15) is 9.59 Å². The smallest absolute Gasteiger partial charge is 0.196 e. The zero-order valence-corrected chi connectivity index (χ0v) is 15.8. The van der Waals surface area contributed by atoms with Gasteiger partial charge in [-0.05, 0) is 24.6 Å². The number of rotatable bonds is 3. The van der Waals surface area contributed by atoms with Crippen molar-refractivity contribution < 1.29 is 4.42 Å². The number of hydrogen-bond acceptors (Lipinski definition) is 5. The van der Waals surface area contributed by atoms with E-state index in [4.69, 9.17) is 10.2 Å². The van der Waals surface area contributed by atoms with Crippen LogP contribution in [0.1, 0.15) is 5.56 Å². The van der Waals surface area contributed by atoms with E-state index in [1.165, 1.54) is 0 Å². The first-order valence-electron chi connectivity index (χ1n) is 9.47. The average Bonchev–Trinajstić information content (AvgIpc) is 2.73. The van der Waals surface area contributed by atoms with Gasteiger partial charge in [-0.1, -0.05) is 30.3 Å². The first kappa shape index (κ1) is 17.5. The van der Waals surface area contributed by atoms with Gasteiger partial charge in [0.05, 0.1) is 27.5 Å². The molecule has 0 aliphatic heterocycles. The number of aromatic nitrogens is 1. The standard InChI is InChI=1S/C23H19N3O3/c1-12-6-7-15-17(10-12)29-18-11-16(25-9-8-24)19-20(21(18)26-15)23(28)14-5-3-2-4-13(14)22(19)27/h2-7,10-11,25-26H,8-9,24H2,1H3. The highest BCUT2D eigenvalue weighted by atomic mass is 16.3. The van der Waals surface area contributed by atoms with Gasteiger partial charge in [0.1, 0.15) is 0 Å². The summed E-state index contributed by atoms with van der Waals surface area (Å²) in [6, 6.07) is 14.5. The molecule has 0 fully saturated rings. The molecule has 5 rings (SSSR count). The molecule has 0 unspecified atom stereocenters. The molecule has 6 heteroatoms. The highest BCUT2D eigenvalue weighted by Crippen LogP contribution is 2.31. The van der Waals surface area contributed by atoms with Crippen LogP contribution in [-0.2, 0) is 0 Å². The molecule has 1 heterocycles. The Morgan fingerprint density at radius 2 is 1.69 bits per heavy atom. The van der Waals surface area contributed by atoms with Crippen molar-refractivity contribution in [2.24, 2.45) is 5.73 Å². The van der Waals surface area contributed by atoms with E-state index in [2.05, 4.69) is 10.3 Å². The number of hydrogen-bond donors (Lipinski definition) is 3. The second-order valence-electron chi connectivity index (χ2n) is 7.19. The molecule has 1 aromatic heterocycles. The minimum Gasteiger partial charge on any atom is -0.453 e. The molecule has 0 bridgehead atoms. The molecule has 0 saturated carbocycles. The Balaban J connectivity index is 2.05. The van der Waals surface area contributed by atoms with Crippen LogP contribution in [-0.4, -0.2) is 18.1 Å². The zero-order valence-electron chi connectivity index (χ0n) is 15.8. The van der Waals surface area contributed by atoms with Crippen LogP contribution in [0.5, 0.6) is 0 Å². The predicted molar refractivity (Wildman–Crippen MR) is 118 cm³/mol. The van der Waals surface area contributed by atoms with Gasteiger partial charge in [-0.15, -0.1) is 0 Å². The largest absolute Gasteiger partial charge is 0.453 e. The minimum absolute atomic E-state index is 0.186. The van der Waals surface area contributed by atoms with Crippen LogP contribution in [0.3, 0.4) is 0 Å². The minimum atomic E-state index is -0.200. The number of nitrogens with two attached hydrogens (primary N) is 1. The van der Waals surface area contributed by atoms with Crippen LogP contribution in [0.25, 0.3) is 43.7 Å². The van der Waals surface area contributed by atoms with E-state index in [0.29, 0.717) is 57.0 Å². The summed E-state index contributed by atoms with van der Waals surface area (Å²) in [4.78, 5) is 30.0. The van der Waals surface area contributed by atoms with Crippen molar-refractivity contribution >= 4 is 49.4 Å². The number of H-pyrrole nitrogens is 1.